The van der Waals surface area contributed by atoms with Crippen molar-refractivity contribution in [2.75, 3.05) is 6.79 Å². The van der Waals surface area contributed by atoms with Gasteiger partial charge in [0.2, 0.25) is 0 Å². The Morgan fingerprint density at radius 1 is 0.952 bits per heavy atom. The summed E-state index contributed by atoms with van der Waals surface area (Å²) in [5, 5.41) is 3.39. The maximum Gasteiger partial charge on any atom is 0.189 e. The van der Waals surface area contributed by atoms with Crippen molar-refractivity contribution in [2.45, 2.75) is 33.0 Å². The molecule has 112 valence electrons. The molecule has 21 heavy (non-hydrogen) atoms. The fourth-order valence-corrected chi connectivity index (χ4v) is 1.91. The zero-order chi connectivity index (χ0) is 14.9. The Morgan fingerprint density at radius 3 is 2.48 bits per heavy atom. The first kappa shape index (κ1) is 15.5. The molecule has 2 aromatic carbocycles. The van der Waals surface area contributed by atoms with E-state index in [4.69, 9.17) is 9.47 Å². The van der Waals surface area contributed by atoms with Gasteiger partial charge >= 0.3 is 0 Å². The van der Waals surface area contributed by atoms with Crippen LogP contribution in [0.5, 0.6) is 5.75 Å². The summed E-state index contributed by atoms with van der Waals surface area (Å²) in [4.78, 5) is 0. The van der Waals surface area contributed by atoms with Crippen LogP contribution in [-0.2, 0) is 17.9 Å². The Labute approximate surface area is 126 Å². The van der Waals surface area contributed by atoms with E-state index in [-0.39, 0.29) is 6.79 Å². The lowest BCUT2D eigenvalue weighted by Crippen LogP contribution is -2.21. The van der Waals surface area contributed by atoms with Gasteiger partial charge in [0.25, 0.3) is 0 Å². The minimum Gasteiger partial charge on any atom is -0.468 e. The minimum absolute atomic E-state index is 0.260. The first-order valence-electron chi connectivity index (χ1n) is 7.31. The fraction of sp³-hybridized carbons (Fsp3) is 0.333. The Kier molecular flexibility index (Phi) is 6.25. The van der Waals surface area contributed by atoms with Crippen molar-refractivity contribution in [3.63, 3.8) is 0 Å². The summed E-state index contributed by atoms with van der Waals surface area (Å²) in [5.41, 5.74) is 2.36. The molecule has 0 saturated heterocycles. The van der Waals surface area contributed by atoms with E-state index in [9.17, 15) is 0 Å². The molecule has 0 radical (unpaired) electrons. The first-order valence-corrected chi connectivity index (χ1v) is 7.31. The van der Waals surface area contributed by atoms with E-state index in [1.165, 1.54) is 5.56 Å². The van der Waals surface area contributed by atoms with E-state index in [0.29, 0.717) is 12.6 Å². The molecule has 0 saturated carbocycles. The standard InChI is InChI=1S/C18H23NO2/c1-15(2)19-12-17-9-6-10-18(11-17)21-14-20-13-16-7-4-3-5-8-16/h3-11,15,19H,12-14H2,1-2H3. The molecule has 0 aromatic heterocycles. The van der Waals surface area contributed by atoms with Crippen LogP contribution in [0.1, 0.15) is 25.0 Å². The highest BCUT2D eigenvalue weighted by molar-refractivity contribution is 5.28. The Hall–Kier alpha value is -1.84. The molecule has 0 heterocycles. The quantitative estimate of drug-likeness (QED) is 0.592. The van der Waals surface area contributed by atoms with E-state index in [2.05, 4.69) is 25.2 Å². The van der Waals surface area contributed by atoms with Crippen molar-refractivity contribution in [2.24, 2.45) is 0 Å². The highest BCUT2D eigenvalue weighted by atomic mass is 16.7. The third kappa shape index (κ3) is 5.98. The van der Waals surface area contributed by atoms with Crippen molar-refractivity contribution in [1.82, 2.24) is 5.32 Å². The topological polar surface area (TPSA) is 30.5 Å². The van der Waals surface area contributed by atoms with Crippen molar-refractivity contribution in [3.05, 3.63) is 65.7 Å². The van der Waals surface area contributed by atoms with Gasteiger partial charge in [0.05, 0.1) is 6.61 Å². The maximum absolute atomic E-state index is 5.63. The number of ether oxygens (including phenoxy) is 2. The van der Waals surface area contributed by atoms with Gasteiger partial charge in [0, 0.05) is 12.6 Å². The third-order valence-electron chi connectivity index (χ3n) is 3.03. The highest BCUT2D eigenvalue weighted by Gasteiger charge is 1.99. The van der Waals surface area contributed by atoms with Crippen LogP contribution < -0.4 is 10.1 Å². The second kappa shape index (κ2) is 8.45. The van der Waals surface area contributed by atoms with Gasteiger partial charge in [-0.15, -0.1) is 0 Å². The van der Waals surface area contributed by atoms with E-state index < -0.39 is 0 Å². The summed E-state index contributed by atoms with van der Waals surface area (Å²) >= 11 is 0. The van der Waals surface area contributed by atoms with Crippen molar-refractivity contribution >= 4 is 0 Å². The summed E-state index contributed by atoms with van der Waals surface area (Å²) in [5.74, 6) is 0.839. The fourth-order valence-electron chi connectivity index (χ4n) is 1.91. The van der Waals surface area contributed by atoms with Crippen LogP contribution >= 0.6 is 0 Å². The van der Waals surface area contributed by atoms with Crippen LogP contribution in [0, 0.1) is 0 Å². The van der Waals surface area contributed by atoms with Crippen LogP contribution in [0.4, 0.5) is 0 Å². The van der Waals surface area contributed by atoms with Crippen LogP contribution in [0.2, 0.25) is 0 Å². The largest absolute Gasteiger partial charge is 0.468 e. The van der Waals surface area contributed by atoms with Gasteiger partial charge in [-0.25, -0.2) is 0 Å². The predicted octanol–water partition coefficient (Wildman–Crippen LogP) is 3.74. The molecular formula is C18H23NO2. The van der Waals surface area contributed by atoms with Crippen molar-refractivity contribution in [1.29, 1.82) is 0 Å². The SMILES string of the molecule is CC(C)NCc1cccc(OCOCc2ccccc2)c1. The molecule has 0 unspecified atom stereocenters. The Balaban J connectivity index is 1.74. The summed E-state index contributed by atoms with van der Waals surface area (Å²) in [6, 6.07) is 18.6. The predicted molar refractivity (Wildman–Crippen MR) is 85.1 cm³/mol. The van der Waals surface area contributed by atoms with Gasteiger partial charge in [-0.2, -0.15) is 0 Å². The van der Waals surface area contributed by atoms with Gasteiger partial charge in [0.1, 0.15) is 5.75 Å². The van der Waals surface area contributed by atoms with E-state index in [1.807, 2.05) is 48.5 Å². The van der Waals surface area contributed by atoms with Gasteiger partial charge in [-0.3, -0.25) is 0 Å². The molecular weight excluding hydrogens is 262 g/mol. The number of hydrogen-bond donors (Lipinski definition) is 1. The Morgan fingerprint density at radius 2 is 1.71 bits per heavy atom. The normalized spacial score (nSPS) is 10.8. The molecule has 2 aromatic rings. The molecule has 3 nitrogen and oxygen atoms in total. The van der Waals surface area contributed by atoms with Gasteiger partial charge < -0.3 is 14.8 Å². The van der Waals surface area contributed by atoms with E-state index >= 15 is 0 Å². The maximum atomic E-state index is 5.63. The molecule has 0 aliphatic heterocycles. The third-order valence-corrected chi connectivity index (χ3v) is 3.03. The van der Waals surface area contributed by atoms with Crippen molar-refractivity contribution < 1.29 is 9.47 Å². The zero-order valence-corrected chi connectivity index (χ0v) is 12.7. The van der Waals surface area contributed by atoms with Gasteiger partial charge in [-0.05, 0) is 23.3 Å². The van der Waals surface area contributed by atoms with Crippen LogP contribution in [0.3, 0.4) is 0 Å². The molecule has 3 heteroatoms. The first-order chi connectivity index (χ1) is 10.2. The molecule has 0 atom stereocenters. The lowest BCUT2D eigenvalue weighted by atomic mass is 10.2. The van der Waals surface area contributed by atoms with Gasteiger partial charge in [-0.1, -0.05) is 56.3 Å². The van der Waals surface area contributed by atoms with E-state index in [0.717, 1.165) is 17.9 Å². The van der Waals surface area contributed by atoms with Crippen LogP contribution in [0.15, 0.2) is 54.6 Å². The molecule has 2 rings (SSSR count). The molecule has 0 aliphatic rings. The monoisotopic (exact) mass is 285 g/mol. The molecule has 0 spiro atoms. The summed E-state index contributed by atoms with van der Waals surface area (Å²) in [6.45, 7) is 5.95. The van der Waals surface area contributed by atoms with Crippen molar-refractivity contribution in [3.8, 4) is 5.75 Å². The smallest absolute Gasteiger partial charge is 0.189 e. The lowest BCUT2D eigenvalue weighted by molar-refractivity contribution is 0.00501. The Bertz CT molecular complexity index is 526. The molecule has 0 aliphatic carbocycles. The average Bonchev–Trinajstić information content (AvgIpc) is 2.51. The molecule has 0 fully saturated rings. The minimum atomic E-state index is 0.260. The van der Waals surface area contributed by atoms with E-state index in [1.54, 1.807) is 0 Å². The molecule has 1 N–H and O–H groups in total. The zero-order valence-electron chi connectivity index (χ0n) is 12.7. The number of hydrogen-bond acceptors (Lipinski definition) is 3. The summed E-state index contributed by atoms with van der Waals surface area (Å²) in [7, 11) is 0. The summed E-state index contributed by atoms with van der Waals surface area (Å²) < 4.78 is 11.1. The highest BCUT2D eigenvalue weighted by Crippen LogP contribution is 2.13. The average molecular weight is 285 g/mol. The number of nitrogens with one attached hydrogen (secondary N) is 1. The van der Waals surface area contributed by atoms with Crippen LogP contribution in [-0.4, -0.2) is 12.8 Å². The summed E-state index contributed by atoms with van der Waals surface area (Å²) in [6.07, 6.45) is 0. The second-order valence-electron chi connectivity index (χ2n) is 5.28. The molecule has 0 bridgehead atoms. The number of benzene rings is 2. The van der Waals surface area contributed by atoms with Crippen LogP contribution in [0.25, 0.3) is 0 Å². The number of rotatable bonds is 8. The van der Waals surface area contributed by atoms with Gasteiger partial charge in [0.15, 0.2) is 6.79 Å². The molecule has 0 amide bonds. The lowest BCUT2D eigenvalue weighted by Gasteiger charge is -2.11. The second-order valence-corrected chi connectivity index (χ2v) is 5.28.